The van der Waals surface area contributed by atoms with Crippen LogP contribution in [0.15, 0.2) is 54.6 Å². The molecule has 1 aliphatic heterocycles. The molecule has 200 valence electrons. The third-order valence-corrected chi connectivity index (χ3v) is 7.54. The highest BCUT2D eigenvalue weighted by molar-refractivity contribution is 6.61. The van der Waals surface area contributed by atoms with Crippen LogP contribution in [0.25, 0.3) is 0 Å². The molecule has 0 saturated carbocycles. The van der Waals surface area contributed by atoms with Gasteiger partial charge in [-0.25, -0.2) is 0 Å². The van der Waals surface area contributed by atoms with Gasteiger partial charge >= 0.3 is 19.1 Å². The van der Waals surface area contributed by atoms with Crippen LogP contribution in [0.1, 0.15) is 76.3 Å². The molecule has 40 heavy (non-hydrogen) atoms. The van der Waals surface area contributed by atoms with Crippen LogP contribution in [0.5, 0.6) is 11.5 Å². The van der Waals surface area contributed by atoms with Gasteiger partial charge in [-0.3, -0.25) is 24.0 Å². The van der Waals surface area contributed by atoms with Crippen molar-refractivity contribution in [3.05, 3.63) is 88.0 Å². The highest BCUT2D eigenvalue weighted by atomic mass is 16.6. The first-order chi connectivity index (χ1) is 19.1. The molecule has 0 spiro atoms. The van der Waals surface area contributed by atoms with Crippen molar-refractivity contribution in [1.29, 1.82) is 0 Å². The summed E-state index contributed by atoms with van der Waals surface area (Å²) < 4.78 is 24.0. The molecule has 1 fully saturated rings. The number of rotatable bonds is 4. The Kier molecular flexibility index (Phi) is 6.05. The van der Waals surface area contributed by atoms with Crippen LogP contribution >= 0.6 is 0 Å². The zero-order valence-electron chi connectivity index (χ0n) is 21.9. The molecule has 1 saturated heterocycles. The zero-order chi connectivity index (χ0) is 28.3. The molecule has 0 amide bonds. The largest absolute Gasteiger partial charge is 0.495 e. The molecule has 2 aliphatic carbocycles. The lowest BCUT2D eigenvalue weighted by molar-refractivity contribution is -0.144. The summed E-state index contributed by atoms with van der Waals surface area (Å²) in [6.45, 7) is 3.75. The van der Waals surface area contributed by atoms with Crippen LogP contribution in [0.3, 0.4) is 0 Å². The highest BCUT2D eigenvalue weighted by Gasteiger charge is 2.55. The van der Waals surface area contributed by atoms with Crippen LogP contribution < -0.4 is 14.9 Å². The first-order valence-corrected chi connectivity index (χ1v) is 12.8. The van der Waals surface area contributed by atoms with Gasteiger partial charge in [-0.1, -0.05) is 54.6 Å². The third-order valence-electron chi connectivity index (χ3n) is 7.54. The summed E-state index contributed by atoms with van der Waals surface area (Å²) in [5, 5.41) is 0. The van der Waals surface area contributed by atoms with Crippen molar-refractivity contribution >= 4 is 41.9 Å². The van der Waals surface area contributed by atoms with Crippen LogP contribution in [-0.2, 0) is 30.1 Å². The standard InChI is InChI=1S/C30H23BO9/c1-15(32)30-13-21-23(22(14-30)39-31(40-30)18-9-5-4-6-10-18)29(38-17(3)34)25-24(28(21)37-16(2)33)26(35)19-11-7-8-12-20(19)27(25)36/h4-12,22H,13-14H2,1-3H3/t22-,30-/m0/s1. The Hall–Kier alpha value is -4.41. The average molecular weight is 538 g/mol. The maximum absolute atomic E-state index is 13.9. The second-order valence-electron chi connectivity index (χ2n) is 10.1. The number of ether oxygens (including phenoxy) is 2. The first kappa shape index (κ1) is 25.9. The maximum atomic E-state index is 13.9. The van der Waals surface area contributed by atoms with E-state index in [-0.39, 0.29) is 63.5 Å². The molecule has 2 atom stereocenters. The first-order valence-electron chi connectivity index (χ1n) is 12.8. The predicted octanol–water partition coefficient (Wildman–Crippen LogP) is 3.07. The maximum Gasteiger partial charge on any atom is 0.495 e. The van der Waals surface area contributed by atoms with Crippen molar-refractivity contribution in [2.45, 2.75) is 45.3 Å². The van der Waals surface area contributed by atoms with Gasteiger partial charge in [0.25, 0.3) is 0 Å². The number of hydrogen-bond donors (Lipinski definition) is 0. The minimum atomic E-state index is -1.40. The summed E-state index contributed by atoms with van der Waals surface area (Å²) in [6, 6.07) is 15.3. The van der Waals surface area contributed by atoms with E-state index in [9.17, 15) is 24.0 Å². The number of fused-ring (bicyclic) bond motifs is 6. The van der Waals surface area contributed by atoms with E-state index in [0.717, 1.165) is 0 Å². The van der Waals surface area contributed by atoms with Gasteiger partial charge < -0.3 is 18.8 Å². The molecule has 3 aromatic carbocycles. The van der Waals surface area contributed by atoms with Crippen LogP contribution in [0, 0.1) is 0 Å². The van der Waals surface area contributed by atoms with Crippen molar-refractivity contribution in [2.75, 3.05) is 0 Å². The van der Waals surface area contributed by atoms with E-state index in [4.69, 9.17) is 18.8 Å². The predicted molar refractivity (Wildman–Crippen MR) is 141 cm³/mol. The van der Waals surface area contributed by atoms with Gasteiger partial charge in [-0.2, -0.15) is 0 Å². The van der Waals surface area contributed by atoms with Crippen molar-refractivity contribution in [3.63, 3.8) is 0 Å². The summed E-state index contributed by atoms with van der Waals surface area (Å²) in [6.07, 6.45) is -0.946. The molecule has 0 radical (unpaired) electrons. The fraction of sp³-hybridized carbons (Fsp3) is 0.233. The number of carbonyl (C=O) groups excluding carboxylic acids is 5. The van der Waals surface area contributed by atoms with Crippen LogP contribution in [-0.4, -0.2) is 42.0 Å². The molecule has 10 heteroatoms. The van der Waals surface area contributed by atoms with Crippen molar-refractivity contribution in [1.82, 2.24) is 0 Å². The molecule has 0 N–H and O–H groups in total. The topological polar surface area (TPSA) is 122 Å². The molecule has 3 aliphatic rings. The van der Waals surface area contributed by atoms with E-state index >= 15 is 0 Å². The van der Waals surface area contributed by atoms with E-state index in [0.29, 0.717) is 5.46 Å². The van der Waals surface area contributed by atoms with Crippen LogP contribution in [0.4, 0.5) is 0 Å². The highest BCUT2D eigenvalue weighted by Crippen LogP contribution is 2.54. The van der Waals surface area contributed by atoms with Crippen molar-refractivity contribution < 1.29 is 42.8 Å². The number of ketones is 3. The van der Waals surface area contributed by atoms with Gasteiger partial charge in [0.05, 0.1) is 17.2 Å². The van der Waals surface area contributed by atoms with E-state index in [1.807, 2.05) is 18.2 Å². The van der Waals surface area contributed by atoms with Gasteiger partial charge in [0.2, 0.25) is 0 Å². The Labute approximate surface area is 229 Å². The van der Waals surface area contributed by atoms with Crippen LogP contribution in [0.2, 0.25) is 0 Å². The van der Waals surface area contributed by atoms with E-state index in [1.165, 1.54) is 32.9 Å². The Bertz CT molecular complexity index is 1640. The Morgan fingerprint density at radius 3 is 1.95 bits per heavy atom. The number of benzene rings is 3. The third kappa shape index (κ3) is 3.91. The lowest BCUT2D eigenvalue weighted by Crippen LogP contribution is -2.59. The SMILES string of the molecule is CC(=O)Oc1c2c(c(OC(C)=O)c3c1C(=O)c1ccccc1C3=O)[C@@H]1C[C@](C(C)=O)(C2)OB(c2ccccc2)O1. The smallest absolute Gasteiger partial charge is 0.426 e. The monoisotopic (exact) mass is 538 g/mol. The lowest BCUT2D eigenvalue weighted by Gasteiger charge is -2.47. The zero-order valence-corrected chi connectivity index (χ0v) is 21.9. The van der Waals surface area contributed by atoms with Gasteiger partial charge in [-0.05, 0) is 12.4 Å². The fourth-order valence-corrected chi connectivity index (χ4v) is 5.83. The second kappa shape index (κ2) is 9.36. The molecule has 3 aromatic rings. The van der Waals surface area contributed by atoms with Crippen molar-refractivity contribution in [3.8, 4) is 11.5 Å². The molecule has 2 bridgehead atoms. The number of hydrogen-bond acceptors (Lipinski definition) is 9. The molecule has 0 unspecified atom stereocenters. The van der Waals surface area contributed by atoms with E-state index in [2.05, 4.69) is 0 Å². The van der Waals surface area contributed by atoms with Gasteiger partial charge in [0, 0.05) is 48.9 Å². The van der Waals surface area contributed by atoms with E-state index < -0.39 is 42.3 Å². The normalized spacial score (nSPS) is 20.7. The average Bonchev–Trinajstić information content (AvgIpc) is 2.92. The Morgan fingerprint density at radius 1 is 0.825 bits per heavy atom. The summed E-state index contributed by atoms with van der Waals surface area (Å²) in [7, 11) is -0.951. The minimum absolute atomic E-state index is 0.0595. The quantitative estimate of drug-likeness (QED) is 0.219. The minimum Gasteiger partial charge on any atom is -0.426 e. The molecule has 1 heterocycles. The molecule has 9 nitrogen and oxygen atoms in total. The lowest BCUT2D eigenvalue weighted by atomic mass is 9.66. The van der Waals surface area contributed by atoms with Gasteiger partial charge in [0.15, 0.2) is 17.3 Å². The molecule has 6 rings (SSSR count). The Balaban J connectivity index is 1.67. The van der Waals surface area contributed by atoms with Gasteiger partial charge in [-0.15, -0.1) is 0 Å². The van der Waals surface area contributed by atoms with E-state index in [1.54, 1.807) is 24.3 Å². The molecular weight excluding hydrogens is 515 g/mol. The fourth-order valence-electron chi connectivity index (χ4n) is 5.83. The number of carbonyl (C=O) groups is 5. The summed E-state index contributed by atoms with van der Waals surface area (Å²) in [4.78, 5) is 65.7. The molecule has 0 aromatic heterocycles. The summed E-state index contributed by atoms with van der Waals surface area (Å²) in [5.41, 5.74) is -0.360. The number of Topliss-reactive ketones (excluding diaryl/α,β-unsaturated/α-hetero) is 1. The number of esters is 2. The Morgan fingerprint density at radius 2 is 1.38 bits per heavy atom. The molecular formula is C30H23BO9. The summed E-state index contributed by atoms with van der Waals surface area (Å²) in [5.74, 6) is -3.19. The second-order valence-corrected chi connectivity index (χ2v) is 10.1. The van der Waals surface area contributed by atoms with Gasteiger partial charge in [0.1, 0.15) is 17.1 Å². The summed E-state index contributed by atoms with van der Waals surface area (Å²) >= 11 is 0. The van der Waals surface area contributed by atoms with Crippen molar-refractivity contribution in [2.24, 2.45) is 0 Å².